The van der Waals surface area contributed by atoms with Gasteiger partial charge in [0.25, 0.3) is 11.6 Å². The lowest BCUT2D eigenvalue weighted by Gasteiger charge is -2.11. The lowest BCUT2D eigenvalue weighted by Crippen LogP contribution is -2.13. The van der Waals surface area contributed by atoms with Crippen molar-refractivity contribution in [3.63, 3.8) is 0 Å². The highest BCUT2D eigenvalue weighted by Crippen LogP contribution is 2.35. The van der Waals surface area contributed by atoms with E-state index in [-0.39, 0.29) is 11.3 Å². The minimum absolute atomic E-state index is 0.0718. The standard InChI is InChI=1S/C16H16N2O3S/c1-9-6-10(2)15(11(3)7-9)22-12-4-5-14(18(20)21)13(8-12)16(17)19/h4-8H,1-3H3,(H2,17,19). The number of amides is 1. The van der Waals surface area contributed by atoms with Crippen LogP contribution in [0.1, 0.15) is 27.0 Å². The maximum atomic E-state index is 11.4. The van der Waals surface area contributed by atoms with Crippen molar-refractivity contribution in [3.05, 3.63) is 62.7 Å². The summed E-state index contributed by atoms with van der Waals surface area (Å²) in [4.78, 5) is 23.6. The Kier molecular flexibility index (Phi) is 4.51. The third kappa shape index (κ3) is 3.28. The number of hydrogen-bond acceptors (Lipinski definition) is 4. The SMILES string of the molecule is Cc1cc(C)c(Sc2ccc([N+](=O)[O-])c(C(N)=O)c2)c(C)c1. The number of primary amides is 1. The Balaban J connectivity index is 2.45. The van der Waals surface area contributed by atoms with Gasteiger partial charge in [0, 0.05) is 15.9 Å². The van der Waals surface area contributed by atoms with Gasteiger partial charge in [0.05, 0.1) is 4.92 Å². The zero-order valence-corrected chi connectivity index (χ0v) is 13.4. The average Bonchev–Trinajstić information content (AvgIpc) is 2.42. The summed E-state index contributed by atoms with van der Waals surface area (Å²) >= 11 is 1.47. The first-order valence-electron chi connectivity index (χ1n) is 6.63. The van der Waals surface area contributed by atoms with E-state index in [4.69, 9.17) is 5.73 Å². The fraction of sp³-hybridized carbons (Fsp3) is 0.188. The van der Waals surface area contributed by atoms with Gasteiger partial charge in [0.1, 0.15) is 5.56 Å². The van der Waals surface area contributed by atoms with E-state index in [1.807, 2.05) is 20.8 Å². The van der Waals surface area contributed by atoms with Crippen LogP contribution in [0, 0.1) is 30.9 Å². The van der Waals surface area contributed by atoms with Crippen LogP contribution in [0.5, 0.6) is 0 Å². The second kappa shape index (κ2) is 6.19. The molecule has 2 aromatic rings. The van der Waals surface area contributed by atoms with E-state index in [1.54, 1.807) is 6.07 Å². The molecule has 1 amide bonds. The maximum Gasteiger partial charge on any atom is 0.282 e. The van der Waals surface area contributed by atoms with Gasteiger partial charge in [-0.15, -0.1) is 0 Å². The Morgan fingerprint density at radius 3 is 2.23 bits per heavy atom. The smallest absolute Gasteiger partial charge is 0.282 e. The quantitative estimate of drug-likeness (QED) is 0.687. The summed E-state index contributed by atoms with van der Waals surface area (Å²) in [7, 11) is 0. The molecule has 0 atom stereocenters. The fourth-order valence-electron chi connectivity index (χ4n) is 2.38. The van der Waals surface area contributed by atoms with Crippen molar-refractivity contribution in [3.8, 4) is 0 Å². The highest BCUT2D eigenvalue weighted by atomic mass is 32.2. The third-order valence-electron chi connectivity index (χ3n) is 3.25. The van der Waals surface area contributed by atoms with Crippen LogP contribution in [-0.2, 0) is 0 Å². The van der Waals surface area contributed by atoms with E-state index in [0.717, 1.165) is 20.9 Å². The molecule has 22 heavy (non-hydrogen) atoms. The number of carbonyl (C=O) groups excluding carboxylic acids is 1. The van der Waals surface area contributed by atoms with Crippen molar-refractivity contribution < 1.29 is 9.72 Å². The minimum atomic E-state index is -0.800. The summed E-state index contributed by atoms with van der Waals surface area (Å²) in [6.07, 6.45) is 0. The summed E-state index contributed by atoms with van der Waals surface area (Å²) < 4.78 is 0. The molecule has 0 fully saturated rings. The van der Waals surface area contributed by atoms with Crippen molar-refractivity contribution in [1.82, 2.24) is 0 Å². The van der Waals surface area contributed by atoms with Crippen molar-refractivity contribution in [2.75, 3.05) is 0 Å². The van der Waals surface area contributed by atoms with E-state index in [9.17, 15) is 14.9 Å². The first kappa shape index (κ1) is 16.0. The van der Waals surface area contributed by atoms with E-state index < -0.39 is 10.8 Å². The van der Waals surface area contributed by atoms with E-state index in [1.165, 1.54) is 29.5 Å². The van der Waals surface area contributed by atoms with Gasteiger partial charge in [-0.2, -0.15) is 0 Å². The van der Waals surface area contributed by atoms with Crippen LogP contribution in [0.15, 0.2) is 40.1 Å². The molecule has 0 aliphatic carbocycles. The molecule has 0 saturated carbocycles. The molecule has 0 aliphatic heterocycles. The van der Waals surface area contributed by atoms with Crippen LogP contribution < -0.4 is 5.73 Å². The molecule has 0 radical (unpaired) electrons. The molecule has 2 rings (SSSR count). The Morgan fingerprint density at radius 1 is 1.14 bits per heavy atom. The molecule has 0 heterocycles. The Bertz CT molecular complexity index is 749. The molecule has 0 unspecified atom stereocenters. The number of nitro groups is 1. The first-order valence-corrected chi connectivity index (χ1v) is 7.45. The summed E-state index contributed by atoms with van der Waals surface area (Å²) in [5, 5.41) is 10.9. The molecule has 0 saturated heterocycles. The Hall–Kier alpha value is -2.34. The monoisotopic (exact) mass is 316 g/mol. The van der Waals surface area contributed by atoms with Gasteiger partial charge in [0.15, 0.2) is 0 Å². The number of carbonyl (C=O) groups is 1. The molecular weight excluding hydrogens is 300 g/mol. The van der Waals surface area contributed by atoms with E-state index in [0.29, 0.717) is 0 Å². The van der Waals surface area contributed by atoms with Gasteiger partial charge < -0.3 is 5.73 Å². The largest absolute Gasteiger partial charge is 0.365 e. The average molecular weight is 316 g/mol. The molecule has 5 nitrogen and oxygen atoms in total. The fourth-order valence-corrected chi connectivity index (χ4v) is 3.37. The zero-order chi connectivity index (χ0) is 16.4. The number of aryl methyl sites for hydroxylation is 3. The molecular formula is C16H16N2O3S. The second-order valence-electron chi connectivity index (χ2n) is 5.13. The first-order chi connectivity index (χ1) is 10.3. The molecule has 0 spiro atoms. The molecule has 0 aliphatic rings. The third-order valence-corrected chi connectivity index (χ3v) is 4.59. The van der Waals surface area contributed by atoms with Gasteiger partial charge in [0.2, 0.25) is 0 Å². The zero-order valence-electron chi connectivity index (χ0n) is 12.5. The molecule has 0 bridgehead atoms. The summed E-state index contributed by atoms with van der Waals surface area (Å²) in [5.74, 6) is -0.800. The summed E-state index contributed by atoms with van der Waals surface area (Å²) in [6, 6.07) is 8.59. The minimum Gasteiger partial charge on any atom is -0.365 e. The highest BCUT2D eigenvalue weighted by molar-refractivity contribution is 7.99. The Morgan fingerprint density at radius 2 is 1.73 bits per heavy atom. The van der Waals surface area contributed by atoms with Crippen LogP contribution in [-0.4, -0.2) is 10.8 Å². The van der Waals surface area contributed by atoms with Gasteiger partial charge >= 0.3 is 0 Å². The van der Waals surface area contributed by atoms with Crippen LogP contribution in [0.4, 0.5) is 5.69 Å². The second-order valence-corrected chi connectivity index (χ2v) is 6.21. The number of nitro benzene ring substituents is 1. The molecule has 2 aromatic carbocycles. The normalized spacial score (nSPS) is 10.5. The van der Waals surface area contributed by atoms with Gasteiger partial charge in [-0.1, -0.05) is 29.5 Å². The van der Waals surface area contributed by atoms with Gasteiger partial charge in [-0.25, -0.2) is 0 Å². The van der Waals surface area contributed by atoms with E-state index >= 15 is 0 Å². The lowest BCUT2D eigenvalue weighted by atomic mass is 10.1. The number of benzene rings is 2. The molecule has 6 heteroatoms. The van der Waals surface area contributed by atoms with Gasteiger partial charge in [-0.3, -0.25) is 14.9 Å². The van der Waals surface area contributed by atoms with E-state index in [2.05, 4.69) is 12.1 Å². The molecule has 114 valence electrons. The number of nitrogens with two attached hydrogens (primary N) is 1. The van der Waals surface area contributed by atoms with Crippen LogP contribution in [0.3, 0.4) is 0 Å². The lowest BCUT2D eigenvalue weighted by molar-refractivity contribution is -0.385. The summed E-state index contributed by atoms with van der Waals surface area (Å²) in [6.45, 7) is 6.07. The van der Waals surface area contributed by atoms with Crippen molar-refractivity contribution in [2.45, 2.75) is 30.6 Å². The van der Waals surface area contributed by atoms with Crippen molar-refractivity contribution in [1.29, 1.82) is 0 Å². The highest BCUT2D eigenvalue weighted by Gasteiger charge is 2.19. The number of nitrogens with zero attached hydrogens (tertiary/aromatic N) is 1. The van der Waals surface area contributed by atoms with Crippen LogP contribution >= 0.6 is 11.8 Å². The molecule has 0 aromatic heterocycles. The van der Waals surface area contributed by atoms with Gasteiger partial charge in [-0.05, 0) is 44.0 Å². The van der Waals surface area contributed by atoms with Crippen molar-refractivity contribution >= 4 is 23.4 Å². The predicted molar refractivity (Wildman–Crippen MR) is 86.4 cm³/mol. The topological polar surface area (TPSA) is 86.2 Å². The number of rotatable bonds is 4. The summed E-state index contributed by atoms with van der Waals surface area (Å²) in [5.41, 5.74) is 8.33. The molecule has 2 N–H and O–H groups in total. The Labute approximate surface area is 132 Å². The van der Waals surface area contributed by atoms with Crippen LogP contribution in [0.25, 0.3) is 0 Å². The van der Waals surface area contributed by atoms with Crippen LogP contribution in [0.2, 0.25) is 0 Å². The van der Waals surface area contributed by atoms with Crippen molar-refractivity contribution in [2.24, 2.45) is 5.73 Å². The maximum absolute atomic E-state index is 11.4. The number of hydrogen-bond donors (Lipinski definition) is 1. The predicted octanol–water partition coefficient (Wildman–Crippen LogP) is 3.77.